The Morgan fingerprint density at radius 3 is 2.38 bits per heavy atom. The Morgan fingerprint density at radius 1 is 1.46 bits per heavy atom. The van der Waals surface area contributed by atoms with E-state index >= 15 is 0 Å². The zero-order chi connectivity index (χ0) is 10.0. The lowest BCUT2D eigenvalue weighted by atomic mass is 9.86. The molecule has 0 heterocycles. The van der Waals surface area contributed by atoms with Crippen LogP contribution >= 0.6 is 0 Å². The first kappa shape index (κ1) is 10.8. The van der Waals surface area contributed by atoms with Gasteiger partial charge in [-0.2, -0.15) is 0 Å². The van der Waals surface area contributed by atoms with Crippen LogP contribution in [-0.2, 0) is 0 Å². The molecule has 0 saturated carbocycles. The van der Waals surface area contributed by atoms with Crippen LogP contribution in [0, 0.1) is 17.8 Å². The maximum Gasteiger partial charge on any atom is -0.000893 e. The Balaban J connectivity index is 2.80. The summed E-state index contributed by atoms with van der Waals surface area (Å²) in [6.45, 7) is 9.99. The van der Waals surface area contributed by atoms with E-state index in [9.17, 15) is 0 Å². The molecule has 2 atom stereocenters. The summed E-state index contributed by atoms with van der Waals surface area (Å²) in [6, 6.07) is 0. The average molecular weight is 181 g/mol. The second-order valence-electron chi connectivity index (χ2n) is 4.73. The third kappa shape index (κ3) is 2.14. The number of hydrogen-bond donors (Lipinski definition) is 1. The van der Waals surface area contributed by atoms with Crippen LogP contribution in [0.4, 0.5) is 0 Å². The maximum atomic E-state index is 5.83. The first-order valence-electron chi connectivity index (χ1n) is 5.47. The molecule has 1 heteroatoms. The predicted molar refractivity (Wildman–Crippen MR) is 58.5 cm³/mol. The van der Waals surface area contributed by atoms with Crippen LogP contribution in [0.1, 0.15) is 40.5 Å². The van der Waals surface area contributed by atoms with Crippen molar-refractivity contribution in [3.05, 3.63) is 11.1 Å². The van der Waals surface area contributed by atoms with Crippen molar-refractivity contribution in [1.29, 1.82) is 0 Å². The summed E-state index contributed by atoms with van der Waals surface area (Å²) in [6.07, 6.45) is 2.62. The molecular weight excluding hydrogens is 158 g/mol. The molecule has 76 valence electrons. The fraction of sp³-hybridized carbons (Fsp3) is 0.833. The predicted octanol–water partition coefficient (Wildman–Crippen LogP) is 2.96. The van der Waals surface area contributed by atoms with Crippen LogP contribution in [0.25, 0.3) is 0 Å². The van der Waals surface area contributed by atoms with Gasteiger partial charge in [0, 0.05) is 0 Å². The van der Waals surface area contributed by atoms with Gasteiger partial charge in [0.2, 0.25) is 0 Å². The second kappa shape index (κ2) is 4.28. The summed E-state index contributed by atoms with van der Waals surface area (Å²) >= 11 is 0. The minimum atomic E-state index is 0.630. The molecule has 0 fully saturated rings. The molecule has 0 saturated heterocycles. The molecule has 0 spiro atoms. The Hall–Kier alpha value is -0.300. The van der Waals surface area contributed by atoms with Gasteiger partial charge in [-0.05, 0) is 44.1 Å². The van der Waals surface area contributed by atoms with E-state index in [2.05, 4.69) is 27.7 Å². The van der Waals surface area contributed by atoms with E-state index in [1.165, 1.54) is 12.8 Å². The van der Waals surface area contributed by atoms with Gasteiger partial charge in [0.25, 0.3) is 0 Å². The Kier molecular flexibility index (Phi) is 3.55. The van der Waals surface area contributed by atoms with E-state index in [1.54, 1.807) is 11.1 Å². The van der Waals surface area contributed by atoms with Gasteiger partial charge in [0.05, 0.1) is 0 Å². The van der Waals surface area contributed by atoms with Gasteiger partial charge in [0.15, 0.2) is 0 Å². The first-order valence-corrected chi connectivity index (χ1v) is 5.47. The molecule has 2 N–H and O–H groups in total. The molecular formula is C12H23N. The molecule has 1 aliphatic carbocycles. The van der Waals surface area contributed by atoms with Crippen molar-refractivity contribution < 1.29 is 0 Å². The minimum absolute atomic E-state index is 0.630. The summed E-state index contributed by atoms with van der Waals surface area (Å²) < 4.78 is 0. The maximum absolute atomic E-state index is 5.83. The Bertz CT molecular complexity index is 203. The molecule has 0 aromatic carbocycles. The molecule has 0 radical (unpaired) electrons. The van der Waals surface area contributed by atoms with Gasteiger partial charge in [-0.15, -0.1) is 0 Å². The Labute approximate surface area is 82.4 Å². The first-order chi connectivity index (χ1) is 6.07. The summed E-state index contributed by atoms with van der Waals surface area (Å²) in [5.74, 6) is 2.12. The summed E-state index contributed by atoms with van der Waals surface area (Å²) in [5.41, 5.74) is 9.10. The lowest BCUT2D eigenvalue weighted by Gasteiger charge is -2.21. The molecule has 0 aliphatic heterocycles. The van der Waals surface area contributed by atoms with E-state index < -0.39 is 0 Å². The smallest absolute Gasteiger partial charge is 0.000893 e. The monoisotopic (exact) mass is 181 g/mol. The van der Waals surface area contributed by atoms with Crippen molar-refractivity contribution in [2.45, 2.75) is 40.5 Å². The van der Waals surface area contributed by atoms with E-state index in [4.69, 9.17) is 5.73 Å². The highest BCUT2D eigenvalue weighted by Crippen LogP contribution is 2.37. The van der Waals surface area contributed by atoms with Crippen molar-refractivity contribution in [2.24, 2.45) is 23.5 Å². The van der Waals surface area contributed by atoms with Gasteiger partial charge in [-0.25, -0.2) is 0 Å². The van der Waals surface area contributed by atoms with Crippen LogP contribution in [0.5, 0.6) is 0 Å². The zero-order valence-corrected chi connectivity index (χ0v) is 9.43. The molecule has 0 unspecified atom stereocenters. The van der Waals surface area contributed by atoms with Crippen LogP contribution in [0.3, 0.4) is 0 Å². The van der Waals surface area contributed by atoms with Crippen molar-refractivity contribution in [1.82, 2.24) is 0 Å². The van der Waals surface area contributed by atoms with Crippen molar-refractivity contribution in [3.63, 3.8) is 0 Å². The highest BCUT2D eigenvalue weighted by atomic mass is 14.6. The lowest BCUT2D eigenvalue weighted by Crippen LogP contribution is -2.22. The van der Waals surface area contributed by atoms with E-state index in [0.29, 0.717) is 11.8 Å². The van der Waals surface area contributed by atoms with E-state index in [0.717, 1.165) is 12.5 Å². The molecule has 0 aromatic rings. The zero-order valence-electron chi connectivity index (χ0n) is 9.43. The normalized spacial score (nSPS) is 25.8. The average Bonchev–Trinajstić information content (AvgIpc) is 2.37. The van der Waals surface area contributed by atoms with E-state index in [1.807, 2.05) is 0 Å². The van der Waals surface area contributed by atoms with Crippen molar-refractivity contribution in [3.8, 4) is 0 Å². The summed E-state index contributed by atoms with van der Waals surface area (Å²) in [7, 11) is 0. The highest BCUT2D eigenvalue weighted by Gasteiger charge is 2.25. The number of rotatable bonds is 3. The van der Waals surface area contributed by atoms with Crippen LogP contribution in [0.15, 0.2) is 11.1 Å². The number of hydrogen-bond acceptors (Lipinski definition) is 1. The highest BCUT2D eigenvalue weighted by molar-refractivity contribution is 5.23. The molecule has 1 nitrogen and oxygen atoms in total. The molecule has 0 amide bonds. The molecule has 0 bridgehead atoms. The summed E-state index contributed by atoms with van der Waals surface area (Å²) in [4.78, 5) is 0. The van der Waals surface area contributed by atoms with Gasteiger partial charge in [0.1, 0.15) is 0 Å². The van der Waals surface area contributed by atoms with Crippen LogP contribution in [0.2, 0.25) is 0 Å². The van der Waals surface area contributed by atoms with E-state index in [-0.39, 0.29) is 0 Å². The third-order valence-corrected chi connectivity index (χ3v) is 3.60. The molecule has 13 heavy (non-hydrogen) atoms. The molecule has 1 aliphatic rings. The minimum Gasteiger partial charge on any atom is -0.330 e. The molecule has 0 aromatic heterocycles. The van der Waals surface area contributed by atoms with Gasteiger partial charge in [-0.1, -0.05) is 31.9 Å². The topological polar surface area (TPSA) is 26.0 Å². The van der Waals surface area contributed by atoms with Gasteiger partial charge >= 0.3 is 0 Å². The molecule has 1 rings (SSSR count). The van der Waals surface area contributed by atoms with Crippen LogP contribution in [-0.4, -0.2) is 6.54 Å². The summed E-state index contributed by atoms with van der Waals surface area (Å²) in [5, 5.41) is 0. The quantitative estimate of drug-likeness (QED) is 0.666. The largest absolute Gasteiger partial charge is 0.330 e. The van der Waals surface area contributed by atoms with Crippen LogP contribution < -0.4 is 5.73 Å². The lowest BCUT2D eigenvalue weighted by molar-refractivity contribution is 0.442. The Morgan fingerprint density at radius 2 is 2.08 bits per heavy atom. The van der Waals surface area contributed by atoms with Crippen molar-refractivity contribution >= 4 is 0 Å². The van der Waals surface area contributed by atoms with Crippen molar-refractivity contribution in [2.75, 3.05) is 6.54 Å². The standard InChI is InChI=1S/C12H23N/c1-8(2)12(7-13)11-6-5-9(3)10(11)4/h8-9,12H,5-7,13H2,1-4H3/t9-,12+/m0/s1. The van der Waals surface area contributed by atoms with Gasteiger partial charge < -0.3 is 5.73 Å². The fourth-order valence-corrected chi connectivity index (χ4v) is 2.40. The third-order valence-electron chi connectivity index (χ3n) is 3.60. The number of nitrogens with two attached hydrogens (primary N) is 1. The fourth-order valence-electron chi connectivity index (χ4n) is 2.40. The SMILES string of the molecule is CC1=C([C@H](CN)C(C)C)CC[C@@H]1C. The second-order valence-corrected chi connectivity index (χ2v) is 4.73. The van der Waals surface area contributed by atoms with Gasteiger partial charge in [-0.3, -0.25) is 0 Å². The number of allylic oxidation sites excluding steroid dienone is 1.